The Kier molecular flexibility index (Phi) is 15.0. The number of hydrogen-bond acceptors (Lipinski definition) is 7. The van der Waals surface area contributed by atoms with Gasteiger partial charge in [-0.2, -0.15) is 10.5 Å². The smallest absolute Gasteiger partial charge is 0.306 e. The first-order valence-electron chi connectivity index (χ1n) is 12.8. The lowest BCUT2D eigenvalue weighted by atomic mass is 9.72. The van der Waals surface area contributed by atoms with E-state index in [-0.39, 0.29) is 54.9 Å². The van der Waals surface area contributed by atoms with Crippen molar-refractivity contribution in [1.29, 1.82) is 10.5 Å². The fraction of sp³-hybridized carbons (Fsp3) is 0.679. The molecule has 0 heterocycles. The average Bonchev–Trinajstić information content (AvgIpc) is 3.16. The minimum absolute atomic E-state index is 0.0305. The molecule has 0 aromatic rings. The van der Waals surface area contributed by atoms with Crippen LogP contribution in [0.5, 0.6) is 0 Å². The van der Waals surface area contributed by atoms with Gasteiger partial charge < -0.3 is 9.47 Å². The fourth-order valence-electron chi connectivity index (χ4n) is 4.85. The Morgan fingerprint density at radius 3 is 2.40 bits per heavy atom. The molecule has 1 fully saturated rings. The van der Waals surface area contributed by atoms with E-state index in [1.54, 1.807) is 6.92 Å². The van der Waals surface area contributed by atoms with Crippen molar-refractivity contribution in [2.75, 3.05) is 13.7 Å². The maximum atomic E-state index is 13.1. The number of nitrogens with zero attached hydrogens (tertiary/aromatic N) is 2. The molecule has 0 aromatic carbocycles. The first kappa shape index (κ1) is 30.1. The SMILES string of the molecule is CCCCC/C=C/C(CC(=O)OCC)C1[C@H](C(C#N)C#N)CC(=O)[C@@H]1C/C=C\CCCC(=O)OC. The van der Waals surface area contributed by atoms with Crippen molar-refractivity contribution in [2.24, 2.45) is 29.6 Å². The van der Waals surface area contributed by atoms with Crippen LogP contribution in [0.3, 0.4) is 0 Å². The van der Waals surface area contributed by atoms with E-state index >= 15 is 0 Å². The van der Waals surface area contributed by atoms with Gasteiger partial charge in [-0.05, 0) is 56.8 Å². The Labute approximate surface area is 210 Å². The zero-order valence-electron chi connectivity index (χ0n) is 21.4. The van der Waals surface area contributed by atoms with E-state index in [0.717, 1.165) is 25.7 Å². The molecule has 1 aliphatic rings. The standard InChI is InChI=1S/C28H40N2O5/c1-4-6-7-8-11-14-21(17-27(33)35-5-2)28-23(15-12-9-10-13-16-26(32)34-3)25(31)18-24(28)22(19-29)20-30/h9,11-12,14,21-24,28H,4-8,10,13,15-18H2,1-3H3/b12-9-,14-11+/t21?,23-,24-,28?/m0/s1. The molecule has 0 aliphatic heterocycles. The molecular formula is C28H40N2O5. The van der Waals surface area contributed by atoms with E-state index < -0.39 is 11.8 Å². The van der Waals surface area contributed by atoms with Crippen molar-refractivity contribution >= 4 is 17.7 Å². The van der Waals surface area contributed by atoms with Gasteiger partial charge in [-0.3, -0.25) is 14.4 Å². The van der Waals surface area contributed by atoms with Crippen LogP contribution in [0.2, 0.25) is 0 Å². The van der Waals surface area contributed by atoms with Crippen LogP contribution in [0.1, 0.15) is 78.1 Å². The van der Waals surface area contributed by atoms with Crippen molar-refractivity contribution in [1.82, 2.24) is 0 Å². The van der Waals surface area contributed by atoms with Crippen molar-refractivity contribution in [2.45, 2.75) is 78.1 Å². The molecule has 7 heteroatoms. The predicted molar refractivity (Wildman–Crippen MR) is 132 cm³/mol. The number of ketones is 1. The maximum absolute atomic E-state index is 13.1. The van der Waals surface area contributed by atoms with Crippen molar-refractivity contribution in [3.05, 3.63) is 24.3 Å². The first-order valence-corrected chi connectivity index (χ1v) is 12.8. The van der Waals surface area contributed by atoms with Gasteiger partial charge in [0.2, 0.25) is 0 Å². The summed E-state index contributed by atoms with van der Waals surface area (Å²) in [4.78, 5) is 36.8. The molecule has 0 bridgehead atoms. The van der Waals surface area contributed by atoms with Crippen LogP contribution < -0.4 is 0 Å². The second kappa shape index (κ2) is 17.5. The van der Waals surface area contributed by atoms with Crippen molar-refractivity contribution in [3.8, 4) is 12.1 Å². The Morgan fingerprint density at radius 1 is 1.06 bits per heavy atom. The van der Waals surface area contributed by atoms with Gasteiger partial charge in [-0.15, -0.1) is 0 Å². The van der Waals surface area contributed by atoms with Gasteiger partial charge in [-0.25, -0.2) is 0 Å². The molecule has 2 unspecified atom stereocenters. The number of methoxy groups -OCH3 is 1. The van der Waals surface area contributed by atoms with Gasteiger partial charge >= 0.3 is 11.9 Å². The number of hydrogen-bond donors (Lipinski definition) is 0. The Balaban J connectivity index is 3.11. The Morgan fingerprint density at radius 2 is 1.77 bits per heavy atom. The number of nitriles is 2. The zero-order valence-corrected chi connectivity index (χ0v) is 21.4. The van der Waals surface area contributed by atoms with Gasteiger partial charge in [-0.1, -0.05) is 44.1 Å². The highest BCUT2D eigenvalue weighted by Gasteiger charge is 2.48. The van der Waals surface area contributed by atoms with Crippen molar-refractivity contribution < 1.29 is 23.9 Å². The molecule has 1 aliphatic carbocycles. The lowest BCUT2D eigenvalue weighted by Gasteiger charge is -2.30. The summed E-state index contributed by atoms with van der Waals surface area (Å²) < 4.78 is 9.85. The highest BCUT2D eigenvalue weighted by Crippen LogP contribution is 2.46. The lowest BCUT2D eigenvalue weighted by molar-refractivity contribution is -0.144. The van der Waals surface area contributed by atoms with Crippen molar-refractivity contribution in [3.63, 3.8) is 0 Å². The van der Waals surface area contributed by atoms with Crippen LogP contribution in [0.15, 0.2) is 24.3 Å². The van der Waals surface area contributed by atoms with Crippen LogP contribution in [-0.2, 0) is 23.9 Å². The molecule has 4 atom stereocenters. The van der Waals surface area contributed by atoms with Gasteiger partial charge in [0.25, 0.3) is 0 Å². The highest BCUT2D eigenvalue weighted by molar-refractivity contribution is 5.84. The highest BCUT2D eigenvalue weighted by atomic mass is 16.5. The zero-order chi connectivity index (χ0) is 26.1. The second-order valence-electron chi connectivity index (χ2n) is 9.03. The molecule has 7 nitrogen and oxygen atoms in total. The molecule has 192 valence electrons. The maximum Gasteiger partial charge on any atom is 0.306 e. The molecule has 35 heavy (non-hydrogen) atoms. The first-order chi connectivity index (χ1) is 16.9. The van der Waals surface area contributed by atoms with Crippen LogP contribution in [-0.4, -0.2) is 31.4 Å². The molecule has 0 N–H and O–H groups in total. The van der Waals surface area contributed by atoms with Crippen LogP contribution in [0.4, 0.5) is 0 Å². The number of Topliss-reactive ketones (excluding diaryl/α,β-unsaturated/α-hetero) is 1. The number of allylic oxidation sites excluding steroid dienone is 4. The molecule has 0 radical (unpaired) electrons. The van der Waals surface area contributed by atoms with Gasteiger partial charge in [0.1, 0.15) is 11.7 Å². The quantitative estimate of drug-likeness (QED) is 0.162. The van der Waals surface area contributed by atoms with Crippen LogP contribution >= 0.6 is 0 Å². The summed E-state index contributed by atoms with van der Waals surface area (Å²) >= 11 is 0. The third kappa shape index (κ3) is 10.5. The Hall–Kier alpha value is -2.93. The number of ether oxygens (including phenoxy) is 2. The van der Waals surface area contributed by atoms with Crippen LogP contribution in [0, 0.1) is 52.3 Å². The topological polar surface area (TPSA) is 117 Å². The van der Waals surface area contributed by atoms with E-state index in [1.807, 2.05) is 18.2 Å². The minimum Gasteiger partial charge on any atom is -0.469 e. The Bertz CT molecular complexity index is 806. The number of rotatable bonds is 16. The number of carbonyl (C=O) groups excluding carboxylic acids is 3. The summed E-state index contributed by atoms with van der Waals surface area (Å²) in [7, 11) is 1.36. The number of carbonyl (C=O) groups is 3. The summed E-state index contributed by atoms with van der Waals surface area (Å²) in [5, 5.41) is 19.2. The summed E-state index contributed by atoms with van der Waals surface area (Å²) in [6.45, 7) is 4.17. The average molecular weight is 485 g/mol. The molecule has 0 spiro atoms. The van der Waals surface area contributed by atoms with Crippen LogP contribution in [0.25, 0.3) is 0 Å². The minimum atomic E-state index is -0.906. The van der Waals surface area contributed by atoms with E-state index in [0.29, 0.717) is 25.7 Å². The van der Waals surface area contributed by atoms with E-state index in [1.165, 1.54) is 7.11 Å². The summed E-state index contributed by atoms with van der Waals surface area (Å²) in [5.74, 6) is -2.84. The van der Waals surface area contributed by atoms with Gasteiger partial charge in [0.15, 0.2) is 0 Å². The molecule has 0 aromatic heterocycles. The summed E-state index contributed by atoms with van der Waals surface area (Å²) in [5.41, 5.74) is 0. The summed E-state index contributed by atoms with van der Waals surface area (Å²) in [6, 6.07) is 4.13. The van der Waals surface area contributed by atoms with Gasteiger partial charge in [0.05, 0.1) is 32.3 Å². The largest absolute Gasteiger partial charge is 0.469 e. The third-order valence-corrected chi connectivity index (χ3v) is 6.61. The lowest BCUT2D eigenvalue weighted by Crippen LogP contribution is -2.30. The monoisotopic (exact) mass is 484 g/mol. The second-order valence-corrected chi connectivity index (χ2v) is 9.03. The van der Waals surface area contributed by atoms with Gasteiger partial charge in [0, 0.05) is 18.8 Å². The molecule has 0 saturated heterocycles. The van der Waals surface area contributed by atoms with E-state index in [4.69, 9.17) is 4.74 Å². The molecular weight excluding hydrogens is 444 g/mol. The predicted octanol–water partition coefficient (Wildman–Crippen LogP) is 5.47. The fourth-order valence-corrected chi connectivity index (χ4v) is 4.85. The van der Waals surface area contributed by atoms with E-state index in [9.17, 15) is 24.9 Å². The number of esters is 2. The molecule has 0 amide bonds. The normalized spacial score (nSPS) is 20.7. The number of unbranched alkanes of at least 4 members (excludes halogenated alkanes) is 4. The third-order valence-electron chi connectivity index (χ3n) is 6.61. The van der Waals surface area contributed by atoms with E-state index in [2.05, 4.69) is 29.9 Å². The molecule has 1 saturated carbocycles. The molecule has 1 rings (SSSR count). The summed E-state index contributed by atoms with van der Waals surface area (Å²) in [6.07, 6.45) is 14.6.